The van der Waals surface area contributed by atoms with Crippen molar-refractivity contribution in [3.8, 4) is 6.01 Å². The molecule has 146 valence electrons. The number of pyridine rings is 1. The molecule has 0 aliphatic carbocycles. The molecule has 0 bridgehead atoms. The van der Waals surface area contributed by atoms with Gasteiger partial charge >= 0.3 is 12.2 Å². The first-order valence-corrected chi connectivity index (χ1v) is 8.61. The molecule has 0 aliphatic rings. The van der Waals surface area contributed by atoms with Gasteiger partial charge in [-0.2, -0.15) is 28.1 Å². The molecule has 1 N–H and O–H groups in total. The first-order valence-electron chi connectivity index (χ1n) is 8.61. The summed E-state index contributed by atoms with van der Waals surface area (Å²) < 4.78 is 44.1. The van der Waals surface area contributed by atoms with Crippen molar-refractivity contribution in [3.05, 3.63) is 71.3 Å². The maximum atomic E-state index is 12.9. The fraction of sp³-hybridized carbons (Fsp3) is 0.263. The first kappa shape index (κ1) is 19.5. The highest BCUT2D eigenvalue weighted by atomic mass is 19.4. The number of aromatic nitrogens is 4. The Kier molecular flexibility index (Phi) is 6.03. The van der Waals surface area contributed by atoms with Crippen molar-refractivity contribution in [2.45, 2.75) is 26.1 Å². The van der Waals surface area contributed by atoms with Gasteiger partial charge < -0.3 is 10.1 Å². The number of alkyl halides is 3. The number of ether oxygens (including phenoxy) is 1. The van der Waals surface area contributed by atoms with Gasteiger partial charge in [-0.3, -0.25) is 4.98 Å². The third-order valence-corrected chi connectivity index (χ3v) is 3.70. The van der Waals surface area contributed by atoms with E-state index in [1.165, 1.54) is 6.07 Å². The van der Waals surface area contributed by atoms with E-state index in [1.54, 1.807) is 19.2 Å². The lowest BCUT2D eigenvalue weighted by atomic mass is 10.1. The standard InChI is InChI=1S/C19H18F3N5O/c1-2-28-18-26-16(11-13-6-5-7-14(10-13)19(20,21)22)25-17(27-18)24-12-15-8-3-4-9-23-15/h3-10H,2,11-12H2,1H3,(H,24,25,26,27). The molecule has 9 heteroatoms. The van der Waals surface area contributed by atoms with Gasteiger partial charge in [-0.25, -0.2) is 0 Å². The molecule has 2 heterocycles. The zero-order valence-electron chi connectivity index (χ0n) is 15.1. The fourth-order valence-electron chi connectivity index (χ4n) is 2.46. The lowest BCUT2D eigenvalue weighted by Crippen LogP contribution is -2.11. The minimum Gasteiger partial charge on any atom is -0.464 e. The summed E-state index contributed by atoms with van der Waals surface area (Å²) in [6.07, 6.45) is -2.61. The second kappa shape index (κ2) is 8.64. The van der Waals surface area contributed by atoms with Gasteiger partial charge in [0.15, 0.2) is 0 Å². The normalized spacial score (nSPS) is 11.3. The van der Waals surface area contributed by atoms with E-state index >= 15 is 0 Å². The van der Waals surface area contributed by atoms with Crippen LogP contribution in [0.3, 0.4) is 0 Å². The summed E-state index contributed by atoms with van der Waals surface area (Å²) in [7, 11) is 0. The molecule has 0 atom stereocenters. The second-order valence-electron chi connectivity index (χ2n) is 5.84. The average Bonchev–Trinajstić information content (AvgIpc) is 2.67. The highest BCUT2D eigenvalue weighted by Crippen LogP contribution is 2.29. The summed E-state index contributed by atoms with van der Waals surface area (Å²) in [5.74, 6) is 0.576. The van der Waals surface area contributed by atoms with Crippen LogP contribution in [0.25, 0.3) is 0 Å². The van der Waals surface area contributed by atoms with Crippen LogP contribution < -0.4 is 10.1 Å². The number of anilines is 1. The van der Waals surface area contributed by atoms with Crippen LogP contribution in [0, 0.1) is 0 Å². The van der Waals surface area contributed by atoms with Crippen molar-refractivity contribution in [2.24, 2.45) is 0 Å². The summed E-state index contributed by atoms with van der Waals surface area (Å²) in [5, 5.41) is 3.04. The van der Waals surface area contributed by atoms with E-state index in [1.807, 2.05) is 18.2 Å². The van der Waals surface area contributed by atoms with Crippen LogP contribution >= 0.6 is 0 Å². The highest BCUT2D eigenvalue weighted by molar-refractivity contribution is 5.31. The van der Waals surface area contributed by atoms with Gasteiger partial charge in [0.1, 0.15) is 5.82 Å². The van der Waals surface area contributed by atoms with E-state index in [0.29, 0.717) is 24.5 Å². The summed E-state index contributed by atoms with van der Waals surface area (Å²) >= 11 is 0. The maximum Gasteiger partial charge on any atom is 0.416 e. The lowest BCUT2D eigenvalue weighted by molar-refractivity contribution is -0.137. The van der Waals surface area contributed by atoms with E-state index < -0.39 is 11.7 Å². The topological polar surface area (TPSA) is 72.8 Å². The fourth-order valence-corrected chi connectivity index (χ4v) is 2.46. The molecule has 3 rings (SSSR count). The summed E-state index contributed by atoms with van der Waals surface area (Å²) in [6.45, 7) is 2.53. The Balaban J connectivity index is 1.81. The number of halogens is 3. The lowest BCUT2D eigenvalue weighted by Gasteiger charge is -2.10. The molecular weight excluding hydrogens is 371 g/mol. The van der Waals surface area contributed by atoms with Gasteiger partial charge in [0.2, 0.25) is 5.95 Å². The van der Waals surface area contributed by atoms with E-state index in [0.717, 1.165) is 17.8 Å². The third-order valence-electron chi connectivity index (χ3n) is 3.70. The van der Waals surface area contributed by atoms with Gasteiger partial charge in [0.25, 0.3) is 0 Å². The van der Waals surface area contributed by atoms with Crippen LogP contribution in [0.1, 0.15) is 29.6 Å². The monoisotopic (exact) mass is 389 g/mol. The number of nitrogens with zero attached hydrogens (tertiary/aromatic N) is 4. The smallest absolute Gasteiger partial charge is 0.416 e. The maximum absolute atomic E-state index is 12.9. The molecule has 0 spiro atoms. The Bertz CT molecular complexity index is 919. The minimum atomic E-state index is -4.40. The number of hydrogen-bond acceptors (Lipinski definition) is 6. The Morgan fingerprint density at radius 3 is 2.61 bits per heavy atom. The van der Waals surface area contributed by atoms with Crippen molar-refractivity contribution in [3.63, 3.8) is 0 Å². The number of benzene rings is 1. The number of hydrogen-bond donors (Lipinski definition) is 1. The molecule has 0 fully saturated rings. The Hall–Kier alpha value is -3.23. The molecular formula is C19H18F3N5O. The molecule has 0 saturated heterocycles. The quantitative estimate of drug-likeness (QED) is 0.661. The predicted octanol–water partition coefficient (Wildman–Crippen LogP) is 3.89. The summed E-state index contributed by atoms with van der Waals surface area (Å²) in [4.78, 5) is 16.9. The van der Waals surface area contributed by atoms with Gasteiger partial charge in [-0.15, -0.1) is 0 Å². The van der Waals surface area contributed by atoms with E-state index in [-0.39, 0.29) is 18.4 Å². The molecule has 3 aromatic rings. The Labute approximate surface area is 159 Å². The van der Waals surface area contributed by atoms with Gasteiger partial charge in [-0.05, 0) is 30.7 Å². The van der Waals surface area contributed by atoms with Crippen LogP contribution in [-0.2, 0) is 19.1 Å². The molecule has 0 radical (unpaired) electrons. The van der Waals surface area contributed by atoms with Crippen molar-refractivity contribution >= 4 is 5.95 Å². The minimum absolute atomic E-state index is 0.114. The molecule has 6 nitrogen and oxygen atoms in total. The van der Waals surface area contributed by atoms with E-state index in [4.69, 9.17) is 4.74 Å². The van der Waals surface area contributed by atoms with Gasteiger partial charge in [0.05, 0.1) is 24.4 Å². The van der Waals surface area contributed by atoms with Crippen LogP contribution in [0.5, 0.6) is 6.01 Å². The van der Waals surface area contributed by atoms with Crippen LogP contribution in [-0.4, -0.2) is 26.5 Å². The van der Waals surface area contributed by atoms with Crippen LogP contribution in [0.2, 0.25) is 0 Å². The molecule has 0 aliphatic heterocycles. The van der Waals surface area contributed by atoms with Crippen molar-refractivity contribution in [1.82, 2.24) is 19.9 Å². The predicted molar refractivity (Wildman–Crippen MR) is 96.8 cm³/mol. The zero-order chi connectivity index (χ0) is 20.0. The molecule has 2 aromatic heterocycles. The molecule has 0 saturated carbocycles. The largest absolute Gasteiger partial charge is 0.464 e. The highest BCUT2D eigenvalue weighted by Gasteiger charge is 2.30. The Morgan fingerprint density at radius 1 is 1.04 bits per heavy atom. The summed E-state index contributed by atoms with van der Waals surface area (Å²) in [6, 6.07) is 10.7. The van der Waals surface area contributed by atoms with E-state index in [9.17, 15) is 13.2 Å². The molecule has 28 heavy (non-hydrogen) atoms. The van der Waals surface area contributed by atoms with E-state index in [2.05, 4.69) is 25.3 Å². The molecule has 1 aromatic carbocycles. The van der Waals surface area contributed by atoms with Crippen molar-refractivity contribution in [2.75, 3.05) is 11.9 Å². The zero-order valence-corrected chi connectivity index (χ0v) is 15.1. The molecule has 0 unspecified atom stereocenters. The van der Waals surface area contributed by atoms with Gasteiger partial charge in [0, 0.05) is 12.6 Å². The SMILES string of the molecule is CCOc1nc(Cc2cccc(C(F)(F)F)c2)nc(NCc2ccccn2)n1. The van der Waals surface area contributed by atoms with Crippen molar-refractivity contribution in [1.29, 1.82) is 0 Å². The van der Waals surface area contributed by atoms with Crippen LogP contribution in [0.15, 0.2) is 48.7 Å². The average molecular weight is 389 g/mol. The van der Waals surface area contributed by atoms with Crippen LogP contribution in [0.4, 0.5) is 19.1 Å². The summed E-state index contributed by atoms with van der Waals surface area (Å²) in [5.41, 5.74) is 0.525. The number of rotatable bonds is 7. The first-order chi connectivity index (χ1) is 13.4. The van der Waals surface area contributed by atoms with Gasteiger partial charge in [-0.1, -0.05) is 24.3 Å². The third kappa shape index (κ3) is 5.38. The second-order valence-corrected chi connectivity index (χ2v) is 5.84. The molecule has 0 amide bonds. The van der Waals surface area contributed by atoms with Crippen molar-refractivity contribution < 1.29 is 17.9 Å². The Morgan fingerprint density at radius 2 is 1.89 bits per heavy atom. The number of nitrogens with one attached hydrogen (secondary N) is 1.